The van der Waals surface area contributed by atoms with Crippen LogP contribution in [0.15, 0.2) is 58.3 Å². The minimum absolute atomic E-state index is 0.372. The van der Waals surface area contributed by atoms with Crippen LogP contribution in [0, 0.1) is 6.92 Å². The van der Waals surface area contributed by atoms with E-state index in [1.807, 2.05) is 38.2 Å². The number of benzene rings is 2. The average molecular weight is 405 g/mol. The second kappa shape index (κ2) is 7.33. The van der Waals surface area contributed by atoms with Gasteiger partial charge in [0.05, 0.1) is 24.1 Å². The zero-order valence-corrected chi connectivity index (χ0v) is 17.3. The van der Waals surface area contributed by atoms with E-state index >= 15 is 0 Å². The largest absolute Gasteiger partial charge is 0.467 e. The fraction of sp³-hybridized carbons (Fsp3) is 0.261. The number of carbonyl (C=O) groups excluding carboxylic acids is 1. The number of para-hydroxylation sites is 1. The minimum atomic E-state index is -1.04. The number of H-pyrrole nitrogens is 1. The molecule has 1 unspecified atom stereocenters. The van der Waals surface area contributed by atoms with Gasteiger partial charge in [0.1, 0.15) is 6.04 Å². The predicted octanol–water partition coefficient (Wildman–Crippen LogP) is 3.30. The van der Waals surface area contributed by atoms with Crippen molar-refractivity contribution in [2.75, 3.05) is 7.11 Å². The Labute approximate surface area is 172 Å². The number of aromatic nitrogens is 3. The summed E-state index contributed by atoms with van der Waals surface area (Å²) < 4.78 is 7.34. The highest BCUT2D eigenvalue weighted by Gasteiger charge is 2.26. The molecule has 2 atom stereocenters. The third kappa shape index (κ3) is 2.85. The van der Waals surface area contributed by atoms with Crippen molar-refractivity contribution in [2.45, 2.75) is 32.9 Å². The first-order valence-electron chi connectivity index (χ1n) is 9.77. The van der Waals surface area contributed by atoms with E-state index in [1.165, 1.54) is 14.0 Å². The summed E-state index contributed by atoms with van der Waals surface area (Å²) >= 11 is 0. The van der Waals surface area contributed by atoms with Crippen LogP contribution in [0.2, 0.25) is 0 Å². The van der Waals surface area contributed by atoms with E-state index in [9.17, 15) is 14.4 Å². The molecule has 0 amide bonds. The van der Waals surface area contributed by atoms with E-state index in [0.717, 1.165) is 26.6 Å². The molecule has 0 aliphatic heterocycles. The number of nitrogens with one attached hydrogen (secondary N) is 1. The lowest BCUT2D eigenvalue weighted by Crippen LogP contribution is -2.44. The lowest BCUT2D eigenvalue weighted by atomic mass is 10.0. The summed E-state index contributed by atoms with van der Waals surface area (Å²) in [5, 5.41) is 1.41. The van der Waals surface area contributed by atoms with Crippen LogP contribution in [-0.2, 0) is 9.53 Å². The normalized spacial score (nSPS) is 13.5. The molecule has 30 heavy (non-hydrogen) atoms. The maximum Gasteiger partial charge on any atom is 0.332 e. The molecule has 7 nitrogen and oxygen atoms in total. The van der Waals surface area contributed by atoms with Crippen LogP contribution < -0.4 is 11.2 Å². The fourth-order valence-electron chi connectivity index (χ4n) is 4.16. The summed E-state index contributed by atoms with van der Waals surface area (Å²) in [5.41, 5.74) is 2.47. The standard InChI is InChI=1S/C23H23N3O4/c1-13-8-7-10-18-20(13)17(12-24-18)14(2)25-19-11-6-5-9-16(19)21(27)26(23(25)29)15(3)22(28)30-4/h5-12,14-15,24H,1-4H3/t14?,15-/m1/s1. The summed E-state index contributed by atoms with van der Waals surface area (Å²) in [4.78, 5) is 42.0. The molecule has 0 spiro atoms. The number of methoxy groups -OCH3 is 1. The highest BCUT2D eigenvalue weighted by Crippen LogP contribution is 2.30. The number of fused-ring (bicyclic) bond motifs is 2. The van der Waals surface area contributed by atoms with Crippen molar-refractivity contribution < 1.29 is 9.53 Å². The highest BCUT2D eigenvalue weighted by atomic mass is 16.5. The van der Waals surface area contributed by atoms with Crippen molar-refractivity contribution in [3.63, 3.8) is 0 Å². The van der Waals surface area contributed by atoms with Crippen LogP contribution in [0.5, 0.6) is 0 Å². The second-order valence-corrected chi connectivity index (χ2v) is 7.46. The van der Waals surface area contributed by atoms with Crippen LogP contribution >= 0.6 is 0 Å². The first kappa shape index (κ1) is 19.7. The topological polar surface area (TPSA) is 86.1 Å². The quantitative estimate of drug-likeness (QED) is 0.528. The van der Waals surface area contributed by atoms with Gasteiger partial charge in [-0.15, -0.1) is 0 Å². The molecule has 4 aromatic rings. The molecular weight excluding hydrogens is 382 g/mol. The van der Waals surface area contributed by atoms with Gasteiger partial charge < -0.3 is 9.72 Å². The number of aryl methyl sites for hydroxylation is 1. The van der Waals surface area contributed by atoms with Crippen molar-refractivity contribution in [3.8, 4) is 0 Å². The van der Waals surface area contributed by atoms with Gasteiger partial charge >= 0.3 is 11.7 Å². The van der Waals surface area contributed by atoms with Crippen molar-refractivity contribution in [1.29, 1.82) is 0 Å². The molecule has 0 aliphatic rings. The Kier molecular flexibility index (Phi) is 4.81. The SMILES string of the molecule is COC(=O)[C@@H](C)n1c(=O)c2ccccc2n(C(C)c2c[nH]c3cccc(C)c23)c1=O. The molecule has 1 N–H and O–H groups in total. The van der Waals surface area contributed by atoms with E-state index in [1.54, 1.807) is 28.8 Å². The molecule has 0 saturated carbocycles. The lowest BCUT2D eigenvalue weighted by molar-refractivity contribution is -0.144. The number of carbonyl (C=O) groups is 1. The predicted molar refractivity (Wildman–Crippen MR) is 116 cm³/mol. The Morgan fingerprint density at radius 3 is 2.50 bits per heavy atom. The molecule has 0 fully saturated rings. The molecule has 2 aromatic carbocycles. The van der Waals surface area contributed by atoms with Gasteiger partial charge in [0, 0.05) is 22.7 Å². The Morgan fingerprint density at radius 2 is 1.77 bits per heavy atom. The molecule has 0 aliphatic carbocycles. The van der Waals surface area contributed by atoms with E-state index in [2.05, 4.69) is 4.98 Å². The monoisotopic (exact) mass is 405 g/mol. The van der Waals surface area contributed by atoms with Gasteiger partial charge in [0.2, 0.25) is 0 Å². The van der Waals surface area contributed by atoms with Gasteiger partial charge in [0.15, 0.2) is 0 Å². The maximum absolute atomic E-state index is 13.5. The number of aromatic amines is 1. The van der Waals surface area contributed by atoms with Gasteiger partial charge in [-0.2, -0.15) is 0 Å². The number of rotatable bonds is 4. The molecule has 0 bridgehead atoms. The third-order valence-corrected chi connectivity index (χ3v) is 5.74. The first-order chi connectivity index (χ1) is 14.4. The summed E-state index contributed by atoms with van der Waals surface area (Å²) in [7, 11) is 1.24. The summed E-state index contributed by atoms with van der Waals surface area (Å²) in [6.45, 7) is 5.43. The Morgan fingerprint density at radius 1 is 1.03 bits per heavy atom. The molecular formula is C23H23N3O4. The Bertz CT molecular complexity index is 1390. The summed E-state index contributed by atoms with van der Waals surface area (Å²) in [6, 6.07) is 11.5. The molecule has 154 valence electrons. The van der Waals surface area contributed by atoms with E-state index in [-0.39, 0.29) is 6.04 Å². The van der Waals surface area contributed by atoms with Crippen molar-refractivity contribution in [2.24, 2.45) is 0 Å². The van der Waals surface area contributed by atoms with Gasteiger partial charge in [-0.1, -0.05) is 24.3 Å². The van der Waals surface area contributed by atoms with E-state index in [0.29, 0.717) is 10.9 Å². The lowest BCUT2D eigenvalue weighted by Gasteiger charge is -2.21. The van der Waals surface area contributed by atoms with Crippen LogP contribution in [0.1, 0.15) is 37.1 Å². The van der Waals surface area contributed by atoms with Crippen molar-refractivity contribution >= 4 is 27.8 Å². The van der Waals surface area contributed by atoms with E-state index in [4.69, 9.17) is 4.74 Å². The summed E-state index contributed by atoms with van der Waals surface area (Å²) in [5.74, 6) is -0.647. The van der Waals surface area contributed by atoms with Crippen LogP contribution in [0.3, 0.4) is 0 Å². The Hall–Kier alpha value is -3.61. The maximum atomic E-state index is 13.5. The molecule has 4 rings (SSSR count). The molecule has 0 radical (unpaired) electrons. The van der Waals surface area contributed by atoms with Crippen molar-refractivity contribution in [3.05, 3.63) is 80.6 Å². The average Bonchev–Trinajstić information content (AvgIpc) is 3.18. The number of esters is 1. The van der Waals surface area contributed by atoms with Crippen molar-refractivity contribution in [1.82, 2.24) is 14.1 Å². The summed E-state index contributed by atoms with van der Waals surface area (Å²) in [6.07, 6.45) is 1.89. The number of hydrogen-bond acceptors (Lipinski definition) is 4. The highest BCUT2D eigenvalue weighted by molar-refractivity contribution is 5.87. The number of ether oxygens (including phenoxy) is 1. The number of hydrogen-bond donors (Lipinski definition) is 1. The van der Waals surface area contributed by atoms with Gasteiger partial charge in [-0.05, 0) is 44.5 Å². The molecule has 0 saturated heterocycles. The third-order valence-electron chi connectivity index (χ3n) is 5.74. The zero-order chi connectivity index (χ0) is 21.6. The Balaban J connectivity index is 2.06. The number of nitrogens with zero attached hydrogens (tertiary/aromatic N) is 2. The smallest absolute Gasteiger partial charge is 0.332 e. The van der Waals surface area contributed by atoms with Gasteiger partial charge in [0.25, 0.3) is 5.56 Å². The van der Waals surface area contributed by atoms with Crippen LogP contribution in [0.25, 0.3) is 21.8 Å². The van der Waals surface area contributed by atoms with E-state index < -0.39 is 23.3 Å². The van der Waals surface area contributed by atoms with Crippen LogP contribution in [0.4, 0.5) is 0 Å². The minimum Gasteiger partial charge on any atom is -0.467 e. The van der Waals surface area contributed by atoms with Gasteiger partial charge in [-0.3, -0.25) is 9.36 Å². The molecule has 2 aromatic heterocycles. The molecule has 7 heteroatoms. The fourth-order valence-corrected chi connectivity index (χ4v) is 4.16. The molecule has 2 heterocycles. The first-order valence-corrected chi connectivity index (χ1v) is 9.77. The van der Waals surface area contributed by atoms with Gasteiger partial charge in [-0.25, -0.2) is 14.2 Å². The van der Waals surface area contributed by atoms with Crippen LogP contribution in [-0.4, -0.2) is 27.2 Å². The zero-order valence-electron chi connectivity index (χ0n) is 17.3. The second-order valence-electron chi connectivity index (χ2n) is 7.46.